The number of H-pyrrole nitrogens is 1. The fraction of sp³-hybridized carbons (Fsp3) is 0.500. The van der Waals surface area contributed by atoms with E-state index in [4.69, 9.17) is 0 Å². The minimum Gasteiger partial charge on any atom is -0.396 e. The molecule has 1 aliphatic heterocycles. The van der Waals surface area contributed by atoms with Gasteiger partial charge in [0.1, 0.15) is 5.69 Å². The van der Waals surface area contributed by atoms with Crippen LogP contribution in [0.3, 0.4) is 0 Å². The Morgan fingerprint density at radius 2 is 2.00 bits per heavy atom. The van der Waals surface area contributed by atoms with E-state index in [1.54, 1.807) is 4.90 Å². The van der Waals surface area contributed by atoms with E-state index >= 15 is 0 Å². The molecular weight excluding hydrogens is 344 g/mol. The zero-order chi connectivity index (χ0) is 19.4. The maximum Gasteiger partial charge on any atom is 0.272 e. The third kappa shape index (κ3) is 4.48. The van der Waals surface area contributed by atoms with Gasteiger partial charge in [0.25, 0.3) is 11.5 Å². The highest BCUT2D eigenvalue weighted by molar-refractivity contribution is 5.92. The second-order valence-corrected chi connectivity index (χ2v) is 7.49. The highest BCUT2D eigenvalue weighted by Crippen LogP contribution is 2.17. The minimum atomic E-state index is -0.255. The molecule has 0 aliphatic carbocycles. The van der Waals surface area contributed by atoms with Crippen molar-refractivity contribution in [3.05, 3.63) is 52.4 Å². The van der Waals surface area contributed by atoms with E-state index < -0.39 is 0 Å². The van der Waals surface area contributed by atoms with Crippen molar-refractivity contribution in [2.75, 3.05) is 32.8 Å². The summed E-state index contributed by atoms with van der Waals surface area (Å²) in [5.74, 6) is 0.360. The average Bonchev–Trinajstić information content (AvgIpc) is 3.05. The summed E-state index contributed by atoms with van der Waals surface area (Å²) in [4.78, 5) is 29.3. The van der Waals surface area contributed by atoms with Gasteiger partial charge in [0.15, 0.2) is 0 Å². The summed E-state index contributed by atoms with van der Waals surface area (Å²) < 4.78 is 1.38. The van der Waals surface area contributed by atoms with Crippen molar-refractivity contribution in [3.8, 4) is 5.69 Å². The number of aliphatic hydroxyl groups excluding tert-OH is 1. The van der Waals surface area contributed by atoms with E-state index in [1.807, 2.05) is 30.3 Å². The molecule has 1 fully saturated rings. The lowest BCUT2D eigenvalue weighted by molar-refractivity contribution is 0.0380. The summed E-state index contributed by atoms with van der Waals surface area (Å²) in [6, 6.07) is 10.7. The number of benzene rings is 1. The zero-order valence-corrected chi connectivity index (χ0v) is 16.0. The molecule has 2 aromatic rings. The van der Waals surface area contributed by atoms with Gasteiger partial charge in [-0.15, -0.1) is 0 Å². The van der Waals surface area contributed by atoms with Crippen LogP contribution in [0.5, 0.6) is 0 Å². The number of amides is 1. The van der Waals surface area contributed by atoms with Gasteiger partial charge in [0, 0.05) is 44.9 Å². The summed E-state index contributed by atoms with van der Waals surface area (Å²) in [7, 11) is 0. The molecule has 2 N–H and O–H groups in total. The number of aliphatic hydroxyl groups is 1. The van der Waals surface area contributed by atoms with Crippen molar-refractivity contribution in [2.24, 2.45) is 5.92 Å². The highest BCUT2D eigenvalue weighted by Gasteiger charge is 2.30. The van der Waals surface area contributed by atoms with Crippen molar-refractivity contribution in [1.29, 1.82) is 0 Å². The zero-order valence-electron chi connectivity index (χ0n) is 16.0. The molecule has 7 nitrogen and oxygen atoms in total. The first kappa shape index (κ1) is 19.4. The van der Waals surface area contributed by atoms with Crippen molar-refractivity contribution in [3.63, 3.8) is 0 Å². The topological polar surface area (TPSA) is 81.6 Å². The maximum absolute atomic E-state index is 12.9. The Hall–Kier alpha value is -2.38. The van der Waals surface area contributed by atoms with Gasteiger partial charge >= 0.3 is 0 Å². The molecule has 0 bridgehead atoms. The number of carbonyl (C=O) groups excluding carboxylic acids is 1. The summed E-state index contributed by atoms with van der Waals surface area (Å²) in [6.07, 6.45) is 0.637. The molecule has 1 amide bonds. The summed E-state index contributed by atoms with van der Waals surface area (Å²) in [5, 5.41) is 12.3. The number of nitrogens with one attached hydrogen (secondary N) is 1. The van der Waals surface area contributed by atoms with Crippen LogP contribution in [0.15, 0.2) is 41.2 Å². The van der Waals surface area contributed by atoms with Gasteiger partial charge in [-0.25, -0.2) is 4.68 Å². The molecule has 1 aromatic carbocycles. The lowest BCUT2D eigenvalue weighted by Crippen LogP contribution is -2.55. The normalized spacial score (nSPS) is 18.2. The van der Waals surface area contributed by atoms with Crippen molar-refractivity contribution < 1.29 is 9.90 Å². The molecule has 0 spiro atoms. The average molecular weight is 372 g/mol. The Balaban J connectivity index is 1.75. The molecule has 1 atom stereocenters. The van der Waals surface area contributed by atoms with E-state index in [0.29, 0.717) is 36.8 Å². The number of nitrogens with zero attached hydrogens (tertiary/aromatic N) is 3. The van der Waals surface area contributed by atoms with E-state index in [1.165, 1.54) is 10.7 Å². The number of aromatic nitrogens is 2. The first-order valence-corrected chi connectivity index (χ1v) is 9.51. The predicted molar refractivity (Wildman–Crippen MR) is 104 cm³/mol. The van der Waals surface area contributed by atoms with Crippen LogP contribution in [0.4, 0.5) is 0 Å². The molecule has 0 radical (unpaired) electrons. The maximum atomic E-state index is 12.9. The fourth-order valence-electron chi connectivity index (χ4n) is 3.65. The highest BCUT2D eigenvalue weighted by atomic mass is 16.3. The SMILES string of the molecule is CC(C)CN1CCN(C(=O)c2cc(=O)n(-c3ccccc3)[nH]2)C[C@@H]1CCO. The van der Waals surface area contributed by atoms with Crippen LogP contribution in [0.25, 0.3) is 5.69 Å². The number of hydrogen-bond donors (Lipinski definition) is 2. The summed E-state index contributed by atoms with van der Waals surface area (Å²) >= 11 is 0. The minimum absolute atomic E-state index is 0.0997. The number of para-hydroxylation sites is 1. The van der Waals surface area contributed by atoms with Crippen LogP contribution >= 0.6 is 0 Å². The van der Waals surface area contributed by atoms with Crippen molar-refractivity contribution >= 4 is 5.91 Å². The van der Waals surface area contributed by atoms with Crippen LogP contribution in [0, 0.1) is 5.92 Å². The molecule has 0 unspecified atom stereocenters. The van der Waals surface area contributed by atoms with E-state index in [-0.39, 0.29) is 24.1 Å². The van der Waals surface area contributed by atoms with Gasteiger partial charge in [0.05, 0.1) is 5.69 Å². The molecule has 7 heteroatoms. The van der Waals surface area contributed by atoms with Gasteiger partial charge in [-0.05, 0) is 24.5 Å². The first-order chi connectivity index (χ1) is 13.0. The Labute approximate surface area is 159 Å². The van der Waals surface area contributed by atoms with Crippen LogP contribution in [0.1, 0.15) is 30.8 Å². The third-order valence-corrected chi connectivity index (χ3v) is 4.92. The molecule has 1 aliphatic rings. The van der Waals surface area contributed by atoms with Gasteiger partial charge in [-0.1, -0.05) is 32.0 Å². The lowest BCUT2D eigenvalue weighted by atomic mass is 10.1. The molecule has 1 aromatic heterocycles. The monoisotopic (exact) mass is 372 g/mol. The number of rotatable bonds is 6. The van der Waals surface area contributed by atoms with E-state index in [2.05, 4.69) is 23.8 Å². The summed E-state index contributed by atoms with van der Waals surface area (Å²) in [5.41, 5.74) is 0.736. The third-order valence-electron chi connectivity index (χ3n) is 4.92. The quantitative estimate of drug-likeness (QED) is 0.802. The first-order valence-electron chi connectivity index (χ1n) is 9.51. The van der Waals surface area contributed by atoms with Gasteiger partial charge < -0.3 is 10.0 Å². The fourth-order valence-corrected chi connectivity index (χ4v) is 3.65. The Morgan fingerprint density at radius 3 is 2.67 bits per heavy atom. The van der Waals surface area contributed by atoms with Crippen LogP contribution in [0.2, 0.25) is 0 Å². The van der Waals surface area contributed by atoms with Gasteiger partial charge in [-0.2, -0.15) is 0 Å². The Kier molecular flexibility index (Phi) is 6.13. The number of hydrogen-bond acceptors (Lipinski definition) is 4. The van der Waals surface area contributed by atoms with E-state index in [9.17, 15) is 14.7 Å². The molecule has 146 valence electrons. The number of piperazine rings is 1. The number of aromatic amines is 1. The standard InChI is InChI=1S/C20H28N4O3/c1-15(2)13-22-9-10-23(14-17(22)8-11-25)20(27)18-12-19(26)24(21-18)16-6-4-3-5-7-16/h3-7,12,15,17,21,25H,8-11,13-14H2,1-2H3/t17-/m0/s1. The molecule has 3 rings (SSSR count). The Bertz CT molecular complexity index is 812. The van der Waals surface area contributed by atoms with Crippen LogP contribution in [-0.2, 0) is 0 Å². The van der Waals surface area contributed by atoms with Gasteiger partial charge in [0.2, 0.25) is 0 Å². The predicted octanol–water partition coefficient (Wildman–Crippen LogP) is 1.33. The number of carbonyl (C=O) groups is 1. The largest absolute Gasteiger partial charge is 0.396 e. The van der Waals surface area contributed by atoms with Gasteiger partial charge in [-0.3, -0.25) is 19.6 Å². The molecule has 27 heavy (non-hydrogen) atoms. The second kappa shape index (κ2) is 8.54. The molecule has 1 saturated heterocycles. The molecule has 2 heterocycles. The van der Waals surface area contributed by atoms with Crippen LogP contribution < -0.4 is 5.56 Å². The molecule has 0 saturated carbocycles. The lowest BCUT2D eigenvalue weighted by Gasteiger charge is -2.42. The van der Waals surface area contributed by atoms with E-state index in [0.717, 1.165) is 13.1 Å². The van der Waals surface area contributed by atoms with Crippen molar-refractivity contribution in [1.82, 2.24) is 19.6 Å². The summed E-state index contributed by atoms with van der Waals surface area (Å²) in [6.45, 7) is 7.35. The Morgan fingerprint density at radius 1 is 1.26 bits per heavy atom. The van der Waals surface area contributed by atoms with Crippen molar-refractivity contribution in [2.45, 2.75) is 26.3 Å². The smallest absolute Gasteiger partial charge is 0.272 e. The molecular formula is C20H28N4O3. The second-order valence-electron chi connectivity index (χ2n) is 7.49. The van der Waals surface area contributed by atoms with Crippen LogP contribution in [-0.4, -0.2) is 69.4 Å².